The molecule has 3 nitrogen and oxygen atoms in total. The van der Waals surface area contributed by atoms with Crippen molar-refractivity contribution < 1.29 is 22.7 Å². The summed E-state index contributed by atoms with van der Waals surface area (Å²) < 4.78 is 43.4. The first-order chi connectivity index (χ1) is 9.34. The van der Waals surface area contributed by atoms with Gasteiger partial charge in [-0.05, 0) is 13.0 Å². The number of alkyl halides is 3. The summed E-state index contributed by atoms with van der Waals surface area (Å²) in [4.78, 5) is 15.7. The number of esters is 1. The van der Waals surface area contributed by atoms with Crippen molar-refractivity contribution in [3.63, 3.8) is 0 Å². The average Bonchev–Trinajstić information content (AvgIpc) is 2.79. The Morgan fingerprint density at radius 1 is 1.30 bits per heavy atom. The van der Waals surface area contributed by atoms with Gasteiger partial charge >= 0.3 is 12.1 Å². The standard InChI is InChI=1S/C13H10F3NO2S/c1-7-10(12(18)19-2)20-11(17-7)8-5-3-4-6-9(8)13(14,15)16/h3-6H,1-2H3. The molecule has 106 valence electrons. The predicted molar refractivity (Wildman–Crippen MR) is 68.6 cm³/mol. The van der Waals surface area contributed by atoms with Crippen molar-refractivity contribution >= 4 is 17.3 Å². The van der Waals surface area contributed by atoms with Crippen LogP contribution in [0.4, 0.5) is 13.2 Å². The van der Waals surface area contributed by atoms with Gasteiger partial charge in [0, 0.05) is 5.56 Å². The maximum atomic E-state index is 13.0. The van der Waals surface area contributed by atoms with Gasteiger partial charge in [-0.2, -0.15) is 13.2 Å². The predicted octanol–water partition coefficient (Wildman–Crippen LogP) is 3.92. The molecule has 0 radical (unpaired) electrons. The molecule has 1 aromatic heterocycles. The van der Waals surface area contributed by atoms with E-state index >= 15 is 0 Å². The lowest BCUT2D eigenvalue weighted by Gasteiger charge is -2.10. The van der Waals surface area contributed by atoms with Crippen LogP contribution in [-0.2, 0) is 10.9 Å². The number of benzene rings is 1. The molecule has 0 saturated heterocycles. The lowest BCUT2D eigenvalue weighted by Crippen LogP contribution is -2.06. The van der Waals surface area contributed by atoms with Gasteiger partial charge < -0.3 is 4.74 Å². The Morgan fingerprint density at radius 2 is 1.95 bits per heavy atom. The number of halogens is 3. The Hall–Kier alpha value is -1.89. The zero-order valence-corrected chi connectivity index (χ0v) is 11.4. The number of methoxy groups -OCH3 is 1. The summed E-state index contributed by atoms with van der Waals surface area (Å²) in [6.07, 6.45) is -4.47. The molecule has 1 heterocycles. The number of carbonyl (C=O) groups excluding carboxylic acids is 1. The summed E-state index contributed by atoms with van der Waals surface area (Å²) in [5, 5.41) is 0.149. The van der Waals surface area contributed by atoms with Crippen molar-refractivity contribution in [2.45, 2.75) is 13.1 Å². The second-order valence-electron chi connectivity index (χ2n) is 3.97. The number of carbonyl (C=O) groups is 1. The number of ether oxygens (including phenoxy) is 1. The van der Waals surface area contributed by atoms with Crippen molar-refractivity contribution in [1.82, 2.24) is 4.98 Å². The summed E-state index contributed by atoms with van der Waals surface area (Å²) in [5.41, 5.74) is -0.456. The van der Waals surface area contributed by atoms with Crippen LogP contribution >= 0.6 is 11.3 Å². The smallest absolute Gasteiger partial charge is 0.417 e. The van der Waals surface area contributed by atoms with Crippen molar-refractivity contribution in [2.75, 3.05) is 7.11 Å². The minimum Gasteiger partial charge on any atom is -0.465 e. The van der Waals surface area contributed by atoms with E-state index in [2.05, 4.69) is 9.72 Å². The van der Waals surface area contributed by atoms with Gasteiger partial charge in [0.2, 0.25) is 0 Å². The molecule has 0 aliphatic rings. The van der Waals surface area contributed by atoms with E-state index in [9.17, 15) is 18.0 Å². The van der Waals surface area contributed by atoms with Gasteiger partial charge in [-0.3, -0.25) is 0 Å². The number of hydrogen-bond acceptors (Lipinski definition) is 4. The number of aryl methyl sites for hydroxylation is 1. The number of thiazole rings is 1. The van der Waals surface area contributed by atoms with Crippen LogP contribution in [0.3, 0.4) is 0 Å². The Balaban J connectivity index is 2.56. The van der Waals surface area contributed by atoms with Crippen LogP contribution in [-0.4, -0.2) is 18.1 Å². The lowest BCUT2D eigenvalue weighted by molar-refractivity contribution is -0.137. The fraction of sp³-hybridized carbons (Fsp3) is 0.231. The van der Waals surface area contributed by atoms with Gasteiger partial charge in [-0.15, -0.1) is 11.3 Å². The molecule has 2 rings (SSSR count). The molecule has 20 heavy (non-hydrogen) atoms. The first-order valence-corrected chi connectivity index (χ1v) is 6.38. The second-order valence-corrected chi connectivity index (χ2v) is 4.97. The topological polar surface area (TPSA) is 39.2 Å². The summed E-state index contributed by atoms with van der Waals surface area (Å²) >= 11 is 0.890. The molecule has 0 amide bonds. The van der Waals surface area contributed by atoms with Gasteiger partial charge in [-0.25, -0.2) is 9.78 Å². The highest BCUT2D eigenvalue weighted by atomic mass is 32.1. The van der Waals surface area contributed by atoms with Crippen LogP contribution in [0.25, 0.3) is 10.6 Å². The van der Waals surface area contributed by atoms with Gasteiger partial charge in [-0.1, -0.05) is 18.2 Å². The fourth-order valence-electron chi connectivity index (χ4n) is 1.71. The van der Waals surface area contributed by atoms with Crippen molar-refractivity contribution in [1.29, 1.82) is 0 Å². The molecule has 1 aromatic carbocycles. The normalized spacial score (nSPS) is 11.4. The van der Waals surface area contributed by atoms with Crippen molar-refractivity contribution in [3.05, 3.63) is 40.4 Å². The molecule has 0 saturated carbocycles. The Labute approximate surface area is 117 Å². The summed E-state index contributed by atoms with van der Waals surface area (Å²) in [7, 11) is 1.21. The van der Waals surface area contributed by atoms with E-state index in [0.29, 0.717) is 5.69 Å². The van der Waals surface area contributed by atoms with Crippen molar-refractivity contribution in [3.8, 4) is 10.6 Å². The van der Waals surface area contributed by atoms with E-state index in [1.165, 1.54) is 25.3 Å². The Kier molecular flexibility index (Phi) is 3.80. The maximum Gasteiger partial charge on any atom is 0.417 e. The van der Waals surface area contributed by atoms with Crippen LogP contribution in [0, 0.1) is 6.92 Å². The lowest BCUT2D eigenvalue weighted by atomic mass is 10.1. The maximum absolute atomic E-state index is 13.0. The first-order valence-electron chi connectivity index (χ1n) is 5.57. The molecule has 0 spiro atoms. The average molecular weight is 301 g/mol. The fourth-order valence-corrected chi connectivity index (χ4v) is 2.73. The third kappa shape index (κ3) is 2.67. The minimum absolute atomic E-state index is 0.0387. The third-order valence-electron chi connectivity index (χ3n) is 2.63. The number of rotatable bonds is 2. The Bertz CT molecular complexity index is 649. The molecule has 0 fully saturated rings. The molecule has 0 aliphatic carbocycles. The van der Waals surface area contributed by atoms with Crippen molar-refractivity contribution in [2.24, 2.45) is 0 Å². The zero-order chi connectivity index (χ0) is 14.9. The molecule has 7 heteroatoms. The number of nitrogens with zero attached hydrogens (tertiary/aromatic N) is 1. The molecule has 0 bridgehead atoms. The second kappa shape index (κ2) is 5.24. The van der Waals surface area contributed by atoms with E-state index in [1.54, 1.807) is 6.92 Å². The van der Waals surface area contributed by atoms with Crippen LogP contribution in [0.2, 0.25) is 0 Å². The Morgan fingerprint density at radius 3 is 2.55 bits per heavy atom. The van der Waals surface area contributed by atoms with Crippen LogP contribution in [0.15, 0.2) is 24.3 Å². The molecule has 0 unspecified atom stereocenters. The molecule has 0 aliphatic heterocycles. The molecule has 0 atom stereocenters. The summed E-state index contributed by atoms with van der Waals surface area (Å²) in [6, 6.07) is 5.14. The monoisotopic (exact) mass is 301 g/mol. The first kappa shape index (κ1) is 14.5. The van der Waals surface area contributed by atoms with Crippen LogP contribution < -0.4 is 0 Å². The van der Waals surface area contributed by atoms with Gasteiger partial charge in [0.25, 0.3) is 0 Å². The molecular weight excluding hydrogens is 291 g/mol. The number of aromatic nitrogens is 1. The third-order valence-corrected chi connectivity index (χ3v) is 3.80. The highest BCUT2D eigenvalue weighted by Gasteiger charge is 2.34. The summed E-state index contributed by atoms with van der Waals surface area (Å²) in [5.74, 6) is -0.601. The zero-order valence-electron chi connectivity index (χ0n) is 10.6. The van der Waals surface area contributed by atoms with Gasteiger partial charge in [0.05, 0.1) is 18.4 Å². The molecule has 2 aromatic rings. The SMILES string of the molecule is COC(=O)c1sc(-c2ccccc2C(F)(F)F)nc1C. The van der Waals surface area contributed by atoms with E-state index in [0.717, 1.165) is 17.4 Å². The van der Waals surface area contributed by atoms with Crippen LogP contribution in [0.1, 0.15) is 20.9 Å². The largest absolute Gasteiger partial charge is 0.465 e. The van der Waals surface area contributed by atoms with E-state index in [-0.39, 0.29) is 15.4 Å². The van der Waals surface area contributed by atoms with E-state index in [4.69, 9.17) is 0 Å². The highest BCUT2D eigenvalue weighted by Crippen LogP contribution is 2.38. The summed E-state index contributed by atoms with van der Waals surface area (Å²) in [6.45, 7) is 1.56. The molecular formula is C13H10F3NO2S. The number of hydrogen-bond donors (Lipinski definition) is 0. The van der Waals surface area contributed by atoms with Crippen LogP contribution in [0.5, 0.6) is 0 Å². The van der Waals surface area contributed by atoms with E-state index < -0.39 is 17.7 Å². The molecule has 0 N–H and O–H groups in total. The highest BCUT2D eigenvalue weighted by molar-refractivity contribution is 7.17. The minimum atomic E-state index is -4.47. The van der Waals surface area contributed by atoms with E-state index in [1.807, 2.05) is 0 Å². The quantitative estimate of drug-likeness (QED) is 0.789. The van der Waals surface area contributed by atoms with Gasteiger partial charge in [0.1, 0.15) is 9.88 Å². The van der Waals surface area contributed by atoms with Gasteiger partial charge in [0.15, 0.2) is 0 Å².